The summed E-state index contributed by atoms with van der Waals surface area (Å²) in [5.74, 6) is 0.212. The van der Waals surface area contributed by atoms with Gasteiger partial charge in [0.2, 0.25) is 0 Å². The van der Waals surface area contributed by atoms with Crippen molar-refractivity contribution in [2.75, 3.05) is 12.4 Å². The zero-order chi connectivity index (χ0) is 7.98. The monoisotopic (exact) mass is 165 g/mol. The number of carbonyl (C=O) groups excluding carboxylic acids is 1. The highest BCUT2D eigenvalue weighted by atomic mass is 32.1. The number of ether oxygens (including phenoxy) is 1. The summed E-state index contributed by atoms with van der Waals surface area (Å²) in [5, 5.41) is 0. The lowest BCUT2D eigenvalue weighted by Gasteiger charge is -2.00. The molecule has 0 aliphatic heterocycles. The minimum Gasteiger partial charge on any atom is -0.445 e. The number of halogens is 1. The van der Waals surface area contributed by atoms with Crippen LogP contribution in [0.15, 0.2) is 11.9 Å². The molecule has 10 heavy (non-hydrogen) atoms. The molecule has 2 N–H and O–H groups in total. The second kappa shape index (κ2) is 5.10. The molecule has 0 rings (SSSR count). The topological polar surface area (TPSA) is 52.3 Å². The van der Waals surface area contributed by atoms with E-state index in [0.717, 1.165) is 0 Å². The fraction of sp³-hybridized carbons (Fsp3) is 0.400. The molecule has 0 aromatic carbocycles. The van der Waals surface area contributed by atoms with Crippen molar-refractivity contribution in [1.29, 1.82) is 0 Å². The summed E-state index contributed by atoms with van der Waals surface area (Å²) in [4.78, 5) is 9.96. The highest BCUT2D eigenvalue weighted by molar-refractivity contribution is 7.80. The Hall–Kier alpha value is -0.710. The first-order valence-electron chi connectivity index (χ1n) is 2.52. The molecule has 0 aliphatic rings. The Morgan fingerprint density at radius 2 is 2.40 bits per heavy atom. The third-order valence-electron chi connectivity index (χ3n) is 0.757. The molecule has 0 atom stereocenters. The van der Waals surface area contributed by atoms with Crippen LogP contribution in [0.4, 0.5) is 9.18 Å². The van der Waals surface area contributed by atoms with Crippen molar-refractivity contribution in [1.82, 2.24) is 0 Å². The first-order valence-corrected chi connectivity index (χ1v) is 3.15. The van der Waals surface area contributed by atoms with Crippen LogP contribution < -0.4 is 5.73 Å². The van der Waals surface area contributed by atoms with E-state index < -0.39 is 6.09 Å². The summed E-state index contributed by atoms with van der Waals surface area (Å²) in [5.41, 5.74) is 4.89. The minimum atomic E-state index is -0.916. The molecule has 0 aliphatic carbocycles. The Balaban J connectivity index is 3.56. The van der Waals surface area contributed by atoms with E-state index in [9.17, 15) is 9.18 Å². The van der Waals surface area contributed by atoms with E-state index in [2.05, 4.69) is 23.1 Å². The van der Waals surface area contributed by atoms with Gasteiger partial charge in [-0.15, -0.1) is 0 Å². The standard InChI is InChI=1S/C5H8FNO2S/c6-1-4(3-10)2-9-5(7)8/h1,10H,2-3H2,(H2,7,8)/b4-1+. The summed E-state index contributed by atoms with van der Waals surface area (Å²) in [6, 6.07) is 0. The molecule has 5 heteroatoms. The highest BCUT2D eigenvalue weighted by Gasteiger charge is 1.97. The van der Waals surface area contributed by atoms with Gasteiger partial charge < -0.3 is 10.5 Å². The molecule has 0 fully saturated rings. The summed E-state index contributed by atoms with van der Waals surface area (Å²) >= 11 is 3.76. The van der Waals surface area contributed by atoms with Crippen molar-refractivity contribution in [3.63, 3.8) is 0 Å². The van der Waals surface area contributed by atoms with Gasteiger partial charge in [-0.2, -0.15) is 12.6 Å². The molecule has 0 saturated heterocycles. The van der Waals surface area contributed by atoms with Crippen LogP contribution in [0.25, 0.3) is 0 Å². The molecule has 3 nitrogen and oxygen atoms in total. The second-order valence-corrected chi connectivity index (χ2v) is 1.85. The molecule has 0 spiro atoms. The van der Waals surface area contributed by atoms with E-state index in [1.165, 1.54) is 0 Å². The van der Waals surface area contributed by atoms with E-state index in [4.69, 9.17) is 0 Å². The van der Waals surface area contributed by atoms with Crippen LogP contribution in [-0.2, 0) is 4.74 Å². The van der Waals surface area contributed by atoms with Crippen molar-refractivity contribution < 1.29 is 13.9 Å². The largest absolute Gasteiger partial charge is 0.445 e. The van der Waals surface area contributed by atoms with Crippen LogP contribution in [-0.4, -0.2) is 18.5 Å². The van der Waals surface area contributed by atoms with Gasteiger partial charge in [0, 0.05) is 11.3 Å². The molecule has 0 saturated carbocycles. The van der Waals surface area contributed by atoms with Gasteiger partial charge in [0.1, 0.15) is 6.61 Å². The summed E-state index contributed by atoms with van der Waals surface area (Å²) in [6.07, 6.45) is -0.572. The van der Waals surface area contributed by atoms with Crippen molar-refractivity contribution >= 4 is 18.7 Å². The van der Waals surface area contributed by atoms with E-state index in [1.807, 2.05) is 0 Å². The molecule has 0 radical (unpaired) electrons. The SMILES string of the molecule is NC(=O)OC/C(=C\F)CS. The molecule has 1 amide bonds. The van der Waals surface area contributed by atoms with Crippen LogP contribution in [0.5, 0.6) is 0 Å². The maximum absolute atomic E-state index is 11.7. The first-order chi connectivity index (χ1) is 4.70. The number of rotatable bonds is 3. The van der Waals surface area contributed by atoms with E-state index in [0.29, 0.717) is 6.33 Å². The Morgan fingerprint density at radius 3 is 2.70 bits per heavy atom. The van der Waals surface area contributed by atoms with Gasteiger partial charge in [0.05, 0.1) is 6.33 Å². The van der Waals surface area contributed by atoms with Crippen molar-refractivity contribution in [3.05, 3.63) is 11.9 Å². The first kappa shape index (κ1) is 9.29. The summed E-state index contributed by atoms with van der Waals surface area (Å²) < 4.78 is 15.9. The lowest BCUT2D eigenvalue weighted by atomic mass is 10.4. The van der Waals surface area contributed by atoms with Crippen molar-refractivity contribution in [2.24, 2.45) is 5.73 Å². The maximum atomic E-state index is 11.7. The van der Waals surface area contributed by atoms with Gasteiger partial charge in [-0.05, 0) is 0 Å². The lowest BCUT2D eigenvalue weighted by molar-refractivity contribution is 0.166. The summed E-state index contributed by atoms with van der Waals surface area (Å²) in [7, 11) is 0. The Morgan fingerprint density at radius 1 is 1.80 bits per heavy atom. The Labute approximate surface area is 63.4 Å². The molecule has 0 heterocycles. The maximum Gasteiger partial charge on any atom is 0.404 e. The zero-order valence-electron chi connectivity index (χ0n) is 5.21. The number of hydrogen-bond donors (Lipinski definition) is 2. The highest BCUT2D eigenvalue weighted by Crippen LogP contribution is 1.98. The predicted octanol–water partition coefficient (Wildman–Crippen LogP) is 0.865. The van der Waals surface area contributed by atoms with Crippen LogP contribution in [0, 0.1) is 0 Å². The van der Waals surface area contributed by atoms with Gasteiger partial charge in [-0.3, -0.25) is 0 Å². The van der Waals surface area contributed by atoms with Crippen LogP contribution in [0.1, 0.15) is 0 Å². The van der Waals surface area contributed by atoms with Crippen LogP contribution in [0.3, 0.4) is 0 Å². The molecule has 58 valence electrons. The molecule has 0 aromatic rings. The number of primary amides is 1. The molecule has 0 bridgehead atoms. The predicted molar refractivity (Wildman–Crippen MR) is 38.6 cm³/mol. The number of nitrogens with two attached hydrogens (primary N) is 1. The number of hydrogen-bond acceptors (Lipinski definition) is 3. The third-order valence-corrected chi connectivity index (χ3v) is 1.16. The fourth-order valence-electron chi connectivity index (χ4n) is 0.275. The lowest BCUT2D eigenvalue weighted by Crippen LogP contribution is -2.14. The molecular formula is C5H8FNO2S. The average Bonchev–Trinajstić information content (AvgIpc) is 1.90. The Kier molecular flexibility index (Phi) is 4.74. The summed E-state index contributed by atoms with van der Waals surface area (Å²) in [6.45, 7) is -0.130. The normalized spacial score (nSPS) is 11.2. The van der Waals surface area contributed by atoms with Gasteiger partial charge in [-0.25, -0.2) is 9.18 Å². The number of carbonyl (C=O) groups is 1. The number of amides is 1. The van der Waals surface area contributed by atoms with Crippen LogP contribution >= 0.6 is 12.6 Å². The van der Waals surface area contributed by atoms with E-state index >= 15 is 0 Å². The van der Waals surface area contributed by atoms with Gasteiger partial charge in [0.15, 0.2) is 0 Å². The van der Waals surface area contributed by atoms with Gasteiger partial charge in [0.25, 0.3) is 0 Å². The average molecular weight is 165 g/mol. The number of thiol groups is 1. The molecular weight excluding hydrogens is 157 g/mol. The van der Waals surface area contributed by atoms with Crippen LogP contribution in [0.2, 0.25) is 0 Å². The molecule has 0 aromatic heterocycles. The zero-order valence-corrected chi connectivity index (χ0v) is 6.11. The smallest absolute Gasteiger partial charge is 0.404 e. The van der Waals surface area contributed by atoms with E-state index in [-0.39, 0.29) is 17.9 Å². The van der Waals surface area contributed by atoms with Crippen molar-refractivity contribution in [3.8, 4) is 0 Å². The fourth-order valence-corrected chi connectivity index (χ4v) is 0.436. The quantitative estimate of drug-likeness (QED) is 0.609. The minimum absolute atomic E-state index is 0.130. The van der Waals surface area contributed by atoms with Gasteiger partial charge >= 0.3 is 6.09 Å². The van der Waals surface area contributed by atoms with Crippen molar-refractivity contribution in [2.45, 2.75) is 0 Å². The molecule has 0 unspecified atom stereocenters. The third kappa shape index (κ3) is 4.20. The van der Waals surface area contributed by atoms with Gasteiger partial charge in [-0.1, -0.05) is 0 Å². The Bertz CT molecular complexity index is 149. The second-order valence-electron chi connectivity index (χ2n) is 1.53. The van der Waals surface area contributed by atoms with E-state index in [1.54, 1.807) is 0 Å².